The van der Waals surface area contributed by atoms with E-state index < -0.39 is 25.0 Å². The molecule has 6 rings (SSSR count). The lowest BCUT2D eigenvalue weighted by Crippen LogP contribution is -2.12. The number of aryl methyl sites for hydroxylation is 2. The van der Waals surface area contributed by atoms with E-state index in [-0.39, 0.29) is 35.8 Å². The molecule has 2 heterocycles. The maximum Gasteiger partial charge on any atom is 0.270 e. The van der Waals surface area contributed by atoms with Crippen LogP contribution in [0.5, 0.6) is 0 Å². The second-order valence-corrected chi connectivity index (χ2v) is 17.4. The zero-order chi connectivity index (χ0) is 38.2. The minimum absolute atomic E-state index is 0.0372. The summed E-state index contributed by atoms with van der Waals surface area (Å²) >= 11 is 14.3. The highest BCUT2D eigenvalue weighted by atomic mass is 35.5. The fourth-order valence-corrected chi connectivity index (χ4v) is 9.33. The van der Waals surface area contributed by atoms with Crippen LogP contribution in [0, 0.1) is 10.1 Å². The van der Waals surface area contributed by atoms with Crippen molar-refractivity contribution >= 4 is 81.9 Å². The number of non-ortho nitro benzene ring substituents is 1. The predicted octanol–water partition coefficient (Wildman–Crippen LogP) is 9.13. The van der Waals surface area contributed by atoms with Gasteiger partial charge in [-0.05, 0) is 60.4 Å². The van der Waals surface area contributed by atoms with Gasteiger partial charge in [0.05, 0.1) is 24.8 Å². The fourth-order valence-electron chi connectivity index (χ4n) is 4.77. The molecule has 0 saturated carbocycles. The maximum absolute atomic E-state index is 12.5. The standard InChI is InChI=1S/C17H15ClN4O4S2.C17H16ClN3O2S2/c1-2-3-11-4-7-13(8-5-11)28(25,26)21-17-20-19-16(27-17)14-10-12(22(23)24)6-9-15(14)18;1-2-5-12-8-10-13(11-9-12)25(22,23)21-17-20-19-16(24-17)14-6-3-4-7-15(14)18/h4-10H,2-3H2,1H3,(H,20,21);3-4,6-11H,2,5H2,1H3,(H,20,21). The fraction of sp³-hybridized carbons (Fsp3) is 0.176. The van der Waals surface area contributed by atoms with Crippen LogP contribution in [0.3, 0.4) is 0 Å². The van der Waals surface area contributed by atoms with Crippen LogP contribution in [0.25, 0.3) is 21.1 Å². The van der Waals surface area contributed by atoms with Gasteiger partial charge in [0.2, 0.25) is 10.3 Å². The van der Waals surface area contributed by atoms with Crippen LogP contribution in [-0.2, 0) is 32.9 Å². The van der Waals surface area contributed by atoms with Crippen LogP contribution in [-0.4, -0.2) is 42.2 Å². The van der Waals surface area contributed by atoms with Gasteiger partial charge in [0.15, 0.2) is 10.0 Å². The minimum Gasteiger partial charge on any atom is -0.258 e. The molecule has 53 heavy (non-hydrogen) atoms. The number of aromatic nitrogens is 4. The number of nitro benzene ring substituents is 1. The van der Waals surface area contributed by atoms with E-state index in [4.69, 9.17) is 23.2 Å². The van der Waals surface area contributed by atoms with Crippen molar-refractivity contribution in [2.45, 2.75) is 49.3 Å². The smallest absolute Gasteiger partial charge is 0.258 e. The minimum atomic E-state index is -3.83. The topological polar surface area (TPSA) is 187 Å². The second-order valence-electron chi connectivity index (χ2n) is 11.2. The zero-order valence-electron chi connectivity index (χ0n) is 28.1. The molecule has 0 aliphatic carbocycles. The summed E-state index contributed by atoms with van der Waals surface area (Å²) in [7, 11) is -7.53. The Hall–Kier alpha value is -4.52. The largest absolute Gasteiger partial charge is 0.270 e. The lowest BCUT2D eigenvalue weighted by Gasteiger charge is -2.05. The first-order valence-electron chi connectivity index (χ1n) is 15.9. The van der Waals surface area contributed by atoms with Gasteiger partial charge < -0.3 is 0 Å². The summed E-state index contributed by atoms with van der Waals surface area (Å²) in [6.45, 7) is 4.13. The molecule has 6 aromatic rings. The number of anilines is 2. The van der Waals surface area contributed by atoms with Gasteiger partial charge in [-0.3, -0.25) is 19.6 Å². The van der Waals surface area contributed by atoms with Crippen molar-refractivity contribution in [2.24, 2.45) is 0 Å². The van der Waals surface area contributed by atoms with Crippen LogP contribution in [0.4, 0.5) is 16.0 Å². The molecule has 0 spiro atoms. The second kappa shape index (κ2) is 17.5. The van der Waals surface area contributed by atoms with E-state index in [0.717, 1.165) is 65.0 Å². The van der Waals surface area contributed by atoms with Crippen molar-refractivity contribution in [1.82, 2.24) is 20.4 Å². The average molecular weight is 833 g/mol. The molecule has 276 valence electrons. The molecule has 0 amide bonds. The Morgan fingerprint density at radius 1 is 0.642 bits per heavy atom. The molecule has 4 aromatic carbocycles. The summed E-state index contributed by atoms with van der Waals surface area (Å²) in [6.07, 6.45) is 3.78. The van der Waals surface area contributed by atoms with Crippen molar-refractivity contribution in [3.63, 3.8) is 0 Å². The molecule has 0 saturated heterocycles. The molecule has 0 bridgehead atoms. The third kappa shape index (κ3) is 10.3. The Bertz CT molecular complexity index is 2420. The van der Waals surface area contributed by atoms with E-state index in [1.165, 1.54) is 30.3 Å². The van der Waals surface area contributed by atoms with Gasteiger partial charge in [-0.25, -0.2) is 16.8 Å². The molecule has 0 aliphatic heterocycles. The Labute approximate surface area is 324 Å². The van der Waals surface area contributed by atoms with Crippen LogP contribution in [0.2, 0.25) is 10.0 Å². The number of hydrogen-bond acceptors (Lipinski definition) is 12. The maximum atomic E-state index is 12.5. The van der Waals surface area contributed by atoms with E-state index in [9.17, 15) is 26.9 Å². The predicted molar refractivity (Wildman–Crippen MR) is 210 cm³/mol. The number of rotatable bonds is 13. The van der Waals surface area contributed by atoms with Crippen molar-refractivity contribution in [3.8, 4) is 21.1 Å². The van der Waals surface area contributed by atoms with E-state index in [0.29, 0.717) is 15.6 Å². The zero-order valence-corrected chi connectivity index (χ0v) is 32.8. The molecular weight excluding hydrogens is 802 g/mol. The Kier molecular flexibility index (Phi) is 13.1. The number of sulfonamides is 2. The van der Waals surface area contributed by atoms with Crippen molar-refractivity contribution in [3.05, 3.63) is 122 Å². The molecule has 0 radical (unpaired) electrons. The van der Waals surface area contributed by atoms with Crippen LogP contribution in [0.1, 0.15) is 37.8 Å². The normalized spacial score (nSPS) is 11.4. The van der Waals surface area contributed by atoms with Gasteiger partial charge in [0.1, 0.15) is 0 Å². The summed E-state index contributed by atoms with van der Waals surface area (Å²) in [5, 5.41) is 28.5. The summed E-state index contributed by atoms with van der Waals surface area (Å²) in [4.78, 5) is 10.7. The van der Waals surface area contributed by atoms with E-state index in [2.05, 4.69) is 36.8 Å². The summed E-state index contributed by atoms with van der Waals surface area (Å²) < 4.78 is 54.9. The first kappa shape index (κ1) is 39.7. The molecule has 0 atom stereocenters. The number of halogens is 2. The SMILES string of the molecule is CCCc1ccc(S(=O)(=O)Nc2nnc(-c3cc([N+](=O)[O-])ccc3Cl)s2)cc1.CCCc1ccc(S(=O)(=O)Nc2nnc(-c3ccccc3Cl)s2)cc1. The quantitative estimate of drug-likeness (QED) is 0.0839. The van der Waals surface area contributed by atoms with Gasteiger partial charge in [0.25, 0.3) is 25.7 Å². The Morgan fingerprint density at radius 2 is 1.09 bits per heavy atom. The van der Waals surface area contributed by atoms with Gasteiger partial charge >= 0.3 is 0 Å². The molecule has 2 aromatic heterocycles. The number of nitro groups is 1. The molecule has 0 fully saturated rings. The summed E-state index contributed by atoms with van der Waals surface area (Å²) in [6, 6.07) is 24.6. The molecule has 0 aliphatic rings. The highest BCUT2D eigenvalue weighted by Crippen LogP contribution is 2.35. The monoisotopic (exact) mass is 831 g/mol. The van der Waals surface area contributed by atoms with Crippen LogP contribution < -0.4 is 9.44 Å². The third-order valence-electron chi connectivity index (χ3n) is 7.33. The first-order chi connectivity index (χ1) is 25.3. The van der Waals surface area contributed by atoms with Crippen molar-refractivity contribution in [2.75, 3.05) is 9.44 Å². The van der Waals surface area contributed by atoms with Crippen LogP contribution >= 0.6 is 45.9 Å². The molecule has 13 nitrogen and oxygen atoms in total. The number of hydrogen-bond donors (Lipinski definition) is 2. The number of nitrogens with zero attached hydrogens (tertiary/aromatic N) is 5. The third-order valence-corrected chi connectivity index (χ3v) is 12.7. The number of nitrogens with one attached hydrogen (secondary N) is 2. The molecule has 0 unspecified atom stereocenters. The van der Waals surface area contributed by atoms with Crippen LogP contribution in [0.15, 0.2) is 101 Å². The Balaban J connectivity index is 0.000000206. The van der Waals surface area contributed by atoms with Gasteiger partial charge in [-0.15, -0.1) is 20.4 Å². The van der Waals surface area contributed by atoms with Gasteiger partial charge in [-0.1, -0.05) is 115 Å². The van der Waals surface area contributed by atoms with E-state index in [1.807, 2.05) is 37.3 Å². The molecular formula is C34H31Cl2N7O6S4. The lowest BCUT2D eigenvalue weighted by atomic mass is 10.1. The highest BCUT2D eigenvalue weighted by Gasteiger charge is 2.20. The Morgan fingerprint density at radius 3 is 1.55 bits per heavy atom. The first-order valence-corrected chi connectivity index (χ1v) is 21.2. The summed E-state index contributed by atoms with van der Waals surface area (Å²) in [5.41, 5.74) is 3.04. The summed E-state index contributed by atoms with van der Waals surface area (Å²) in [5.74, 6) is 0. The molecule has 19 heteroatoms. The van der Waals surface area contributed by atoms with Gasteiger partial charge in [-0.2, -0.15) is 0 Å². The molecule has 2 N–H and O–H groups in total. The lowest BCUT2D eigenvalue weighted by molar-refractivity contribution is -0.384. The average Bonchev–Trinajstić information content (AvgIpc) is 3.79. The van der Waals surface area contributed by atoms with Crippen molar-refractivity contribution < 1.29 is 21.8 Å². The van der Waals surface area contributed by atoms with Gasteiger partial charge in [0, 0.05) is 23.3 Å². The van der Waals surface area contributed by atoms with E-state index in [1.54, 1.807) is 30.3 Å². The van der Waals surface area contributed by atoms with E-state index >= 15 is 0 Å². The van der Waals surface area contributed by atoms with Crippen molar-refractivity contribution in [1.29, 1.82) is 0 Å². The number of benzene rings is 4. The highest BCUT2D eigenvalue weighted by molar-refractivity contribution is 7.93.